The third kappa shape index (κ3) is 2.63. The number of hydrogen-bond donors (Lipinski definition) is 0. The molecule has 0 N–H and O–H groups in total. The Bertz CT molecular complexity index is 497. The zero-order valence-electron chi connectivity index (χ0n) is 10.0. The van der Waals surface area contributed by atoms with Crippen LogP contribution in [-0.2, 0) is 11.3 Å². The van der Waals surface area contributed by atoms with Gasteiger partial charge in [-0.3, -0.25) is 4.98 Å². The summed E-state index contributed by atoms with van der Waals surface area (Å²) in [6.07, 6.45) is 0. The first-order valence-corrected chi connectivity index (χ1v) is 5.43. The van der Waals surface area contributed by atoms with Crippen LogP contribution < -0.4 is 4.74 Å². The maximum atomic E-state index is 5.33. The second-order valence-electron chi connectivity index (χ2n) is 3.65. The van der Waals surface area contributed by atoms with Crippen molar-refractivity contribution in [2.75, 3.05) is 14.2 Å². The Balaban J connectivity index is 2.41. The number of pyridine rings is 1. The molecule has 0 aliphatic rings. The summed E-state index contributed by atoms with van der Waals surface area (Å²) < 4.78 is 10.4. The van der Waals surface area contributed by atoms with Crippen molar-refractivity contribution in [1.82, 2.24) is 4.98 Å². The van der Waals surface area contributed by atoms with E-state index in [2.05, 4.69) is 4.98 Å². The standard InChI is InChI=1S/C14H15NO2/c1-16-10-11-6-5-8-13(15-11)12-7-3-4-9-14(12)17-2/h3-9H,10H2,1-2H3. The smallest absolute Gasteiger partial charge is 0.128 e. The van der Waals surface area contributed by atoms with E-state index in [1.165, 1.54) is 0 Å². The van der Waals surface area contributed by atoms with Crippen LogP contribution in [0.1, 0.15) is 5.69 Å². The first kappa shape index (κ1) is 11.6. The van der Waals surface area contributed by atoms with Crippen molar-refractivity contribution in [1.29, 1.82) is 0 Å². The third-order valence-corrected chi connectivity index (χ3v) is 2.48. The van der Waals surface area contributed by atoms with Gasteiger partial charge in [0.2, 0.25) is 0 Å². The lowest BCUT2D eigenvalue weighted by Crippen LogP contribution is -1.95. The largest absolute Gasteiger partial charge is 0.496 e. The normalized spacial score (nSPS) is 10.2. The summed E-state index contributed by atoms with van der Waals surface area (Å²) in [5.41, 5.74) is 2.81. The summed E-state index contributed by atoms with van der Waals surface area (Å²) in [4.78, 5) is 4.54. The van der Waals surface area contributed by atoms with Crippen molar-refractivity contribution in [2.24, 2.45) is 0 Å². The maximum absolute atomic E-state index is 5.33. The first-order valence-electron chi connectivity index (χ1n) is 5.43. The topological polar surface area (TPSA) is 31.4 Å². The van der Waals surface area contributed by atoms with Crippen LogP contribution in [0.2, 0.25) is 0 Å². The quantitative estimate of drug-likeness (QED) is 0.807. The number of ether oxygens (including phenoxy) is 2. The molecule has 0 atom stereocenters. The monoisotopic (exact) mass is 229 g/mol. The minimum absolute atomic E-state index is 0.517. The highest BCUT2D eigenvalue weighted by Gasteiger charge is 2.06. The fraction of sp³-hybridized carbons (Fsp3) is 0.214. The fourth-order valence-electron chi connectivity index (χ4n) is 1.71. The minimum atomic E-state index is 0.517. The number of aromatic nitrogens is 1. The highest BCUT2D eigenvalue weighted by molar-refractivity contribution is 5.67. The Morgan fingerprint density at radius 3 is 2.59 bits per heavy atom. The number of rotatable bonds is 4. The van der Waals surface area contributed by atoms with Crippen LogP contribution in [0.5, 0.6) is 5.75 Å². The molecule has 0 bridgehead atoms. The molecule has 0 radical (unpaired) electrons. The molecule has 1 aromatic heterocycles. The van der Waals surface area contributed by atoms with Crippen LogP contribution in [0.3, 0.4) is 0 Å². The molecule has 0 aliphatic carbocycles. The van der Waals surface area contributed by atoms with E-state index >= 15 is 0 Å². The van der Waals surface area contributed by atoms with Crippen LogP contribution in [-0.4, -0.2) is 19.2 Å². The predicted octanol–water partition coefficient (Wildman–Crippen LogP) is 2.90. The number of para-hydroxylation sites is 1. The molecular weight excluding hydrogens is 214 g/mol. The number of methoxy groups -OCH3 is 2. The SMILES string of the molecule is COCc1cccc(-c2ccccc2OC)n1. The van der Waals surface area contributed by atoms with Gasteiger partial charge in [-0.25, -0.2) is 0 Å². The predicted molar refractivity (Wildman–Crippen MR) is 66.9 cm³/mol. The van der Waals surface area contributed by atoms with E-state index in [0.717, 1.165) is 22.7 Å². The molecule has 0 aliphatic heterocycles. The average Bonchev–Trinajstić information content (AvgIpc) is 2.39. The fourth-order valence-corrected chi connectivity index (χ4v) is 1.71. The van der Waals surface area contributed by atoms with Gasteiger partial charge in [0.25, 0.3) is 0 Å². The first-order chi connectivity index (χ1) is 8.35. The van der Waals surface area contributed by atoms with Crippen molar-refractivity contribution >= 4 is 0 Å². The molecule has 1 aromatic carbocycles. The molecule has 0 saturated carbocycles. The zero-order chi connectivity index (χ0) is 12.1. The van der Waals surface area contributed by atoms with Crippen molar-refractivity contribution in [3.63, 3.8) is 0 Å². The van der Waals surface area contributed by atoms with E-state index in [-0.39, 0.29) is 0 Å². The number of benzene rings is 1. The molecule has 0 unspecified atom stereocenters. The molecule has 17 heavy (non-hydrogen) atoms. The molecule has 3 heteroatoms. The van der Waals surface area contributed by atoms with Crippen molar-refractivity contribution < 1.29 is 9.47 Å². The molecule has 3 nitrogen and oxygen atoms in total. The van der Waals surface area contributed by atoms with Crippen LogP contribution >= 0.6 is 0 Å². The molecule has 2 rings (SSSR count). The van der Waals surface area contributed by atoms with Crippen molar-refractivity contribution in [3.8, 4) is 17.0 Å². The van der Waals surface area contributed by atoms with Crippen LogP contribution in [0.4, 0.5) is 0 Å². The summed E-state index contributed by atoms with van der Waals surface area (Å²) in [5.74, 6) is 0.828. The Morgan fingerprint density at radius 2 is 1.82 bits per heavy atom. The van der Waals surface area contributed by atoms with Crippen molar-refractivity contribution in [3.05, 3.63) is 48.2 Å². The lowest BCUT2D eigenvalue weighted by atomic mass is 10.1. The summed E-state index contributed by atoms with van der Waals surface area (Å²) in [6.45, 7) is 0.517. The summed E-state index contributed by atoms with van der Waals surface area (Å²) in [6, 6.07) is 13.7. The van der Waals surface area contributed by atoms with Gasteiger partial charge in [0.1, 0.15) is 5.75 Å². The van der Waals surface area contributed by atoms with Gasteiger partial charge >= 0.3 is 0 Å². The molecule has 2 aromatic rings. The second kappa shape index (κ2) is 5.46. The van der Waals surface area contributed by atoms with Gasteiger partial charge in [0, 0.05) is 12.7 Å². The Morgan fingerprint density at radius 1 is 1.00 bits per heavy atom. The number of hydrogen-bond acceptors (Lipinski definition) is 3. The Labute approximate surface area is 101 Å². The minimum Gasteiger partial charge on any atom is -0.496 e. The molecule has 0 fully saturated rings. The second-order valence-corrected chi connectivity index (χ2v) is 3.65. The van der Waals surface area contributed by atoms with Gasteiger partial charge in [-0.2, -0.15) is 0 Å². The van der Waals surface area contributed by atoms with E-state index in [1.54, 1.807) is 14.2 Å². The summed E-state index contributed by atoms with van der Waals surface area (Å²) in [5, 5.41) is 0. The van der Waals surface area contributed by atoms with Gasteiger partial charge in [-0.1, -0.05) is 18.2 Å². The van der Waals surface area contributed by atoms with E-state index in [1.807, 2.05) is 42.5 Å². The number of nitrogens with zero attached hydrogens (tertiary/aromatic N) is 1. The Hall–Kier alpha value is -1.87. The van der Waals surface area contributed by atoms with Gasteiger partial charge in [0.15, 0.2) is 0 Å². The van der Waals surface area contributed by atoms with E-state index in [0.29, 0.717) is 6.61 Å². The van der Waals surface area contributed by atoms with Crippen LogP contribution in [0.15, 0.2) is 42.5 Å². The molecule has 1 heterocycles. The molecule has 0 amide bonds. The Kier molecular flexibility index (Phi) is 3.73. The van der Waals surface area contributed by atoms with Crippen molar-refractivity contribution in [2.45, 2.75) is 6.61 Å². The van der Waals surface area contributed by atoms with Crippen LogP contribution in [0, 0.1) is 0 Å². The summed E-state index contributed by atoms with van der Waals surface area (Å²) in [7, 11) is 3.33. The van der Waals surface area contributed by atoms with Crippen LogP contribution in [0.25, 0.3) is 11.3 Å². The third-order valence-electron chi connectivity index (χ3n) is 2.48. The average molecular weight is 229 g/mol. The molecule has 0 spiro atoms. The molecular formula is C14H15NO2. The molecule has 0 saturated heterocycles. The lowest BCUT2D eigenvalue weighted by Gasteiger charge is -2.08. The zero-order valence-corrected chi connectivity index (χ0v) is 10.0. The van der Waals surface area contributed by atoms with E-state index in [4.69, 9.17) is 9.47 Å². The van der Waals surface area contributed by atoms with E-state index in [9.17, 15) is 0 Å². The van der Waals surface area contributed by atoms with E-state index < -0.39 is 0 Å². The maximum Gasteiger partial charge on any atom is 0.128 e. The van der Waals surface area contributed by atoms with Gasteiger partial charge in [-0.05, 0) is 24.3 Å². The lowest BCUT2D eigenvalue weighted by molar-refractivity contribution is 0.181. The van der Waals surface area contributed by atoms with Gasteiger partial charge < -0.3 is 9.47 Å². The van der Waals surface area contributed by atoms with Gasteiger partial charge in [-0.15, -0.1) is 0 Å². The summed E-state index contributed by atoms with van der Waals surface area (Å²) >= 11 is 0. The molecule has 88 valence electrons. The van der Waals surface area contributed by atoms with Gasteiger partial charge in [0.05, 0.1) is 25.1 Å². The highest BCUT2D eigenvalue weighted by Crippen LogP contribution is 2.27. The highest BCUT2D eigenvalue weighted by atomic mass is 16.5.